The molecule has 2 heterocycles. The molecular weight excluding hydrogens is 342 g/mol. The van der Waals surface area contributed by atoms with Crippen molar-refractivity contribution in [3.05, 3.63) is 35.4 Å². The Hall–Kier alpha value is -2.21. The summed E-state index contributed by atoms with van der Waals surface area (Å²) in [5.74, 6) is 0.306. The van der Waals surface area contributed by atoms with E-state index in [1.807, 2.05) is 0 Å². The molecule has 0 spiro atoms. The van der Waals surface area contributed by atoms with Gasteiger partial charge in [0.1, 0.15) is 0 Å². The predicted octanol–water partition coefficient (Wildman–Crippen LogP) is 2.30. The Morgan fingerprint density at radius 3 is 2.30 bits per heavy atom. The van der Waals surface area contributed by atoms with Crippen LogP contribution in [0.15, 0.2) is 24.3 Å². The van der Waals surface area contributed by atoms with Crippen molar-refractivity contribution in [3.8, 4) is 0 Å². The maximum absolute atomic E-state index is 12.3. The molecule has 0 aromatic heterocycles. The van der Waals surface area contributed by atoms with Gasteiger partial charge in [-0.3, -0.25) is 19.3 Å². The molecule has 0 radical (unpaired) electrons. The SMILES string of the molecule is CC1CCN(CCCNC(=O)CCCN2C(=O)c3ccccc3C2=O)CC1. The Labute approximate surface area is 160 Å². The van der Waals surface area contributed by atoms with Crippen LogP contribution in [0.2, 0.25) is 0 Å². The fourth-order valence-electron chi connectivity index (χ4n) is 3.74. The number of imide groups is 1. The minimum atomic E-state index is -0.258. The number of carbonyl (C=O) groups is 3. The van der Waals surface area contributed by atoms with E-state index in [-0.39, 0.29) is 24.3 Å². The first kappa shape index (κ1) is 19.5. The van der Waals surface area contributed by atoms with E-state index in [2.05, 4.69) is 17.1 Å². The van der Waals surface area contributed by atoms with Crippen LogP contribution in [-0.2, 0) is 4.79 Å². The number of carbonyl (C=O) groups excluding carboxylic acids is 3. The van der Waals surface area contributed by atoms with Gasteiger partial charge in [-0.15, -0.1) is 0 Å². The molecule has 146 valence electrons. The quantitative estimate of drug-likeness (QED) is 0.562. The number of benzene rings is 1. The van der Waals surface area contributed by atoms with E-state index in [0.29, 0.717) is 30.5 Å². The Bertz CT molecular complexity index is 661. The summed E-state index contributed by atoms with van der Waals surface area (Å²) in [6, 6.07) is 6.85. The van der Waals surface area contributed by atoms with E-state index in [9.17, 15) is 14.4 Å². The van der Waals surface area contributed by atoms with E-state index in [1.54, 1.807) is 24.3 Å². The lowest BCUT2D eigenvalue weighted by molar-refractivity contribution is -0.121. The van der Waals surface area contributed by atoms with Gasteiger partial charge in [-0.05, 0) is 63.4 Å². The number of likely N-dealkylation sites (tertiary alicyclic amines) is 1. The van der Waals surface area contributed by atoms with Crippen LogP contribution in [0, 0.1) is 5.92 Å². The average Bonchev–Trinajstić information content (AvgIpc) is 2.92. The third kappa shape index (κ3) is 4.95. The van der Waals surface area contributed by atoms with E-state index < -0.39 is 0 Å². The third-order valence-corrected chi connectivity index (χ3v) is 5.51. The Morgan fingerprint density at radius 2 is 1.67 bits per heavy atom. The minimum Gasteiger partial charge on any atom is -0.356 e. The van der Waals surface area contributed by atoms with Gasteiger partial charge in [-0.25, -0.2) is 0 Å². The van der Waals surface area contributed by atoms with Gasteiger partial charge in [-0.1, -0.05) is 19.1 Å². The van der Waals surface area contributed by atoms with Crippen LogP contribution >= 0.6 is 0 Å². The first-order valence-electron chi connectivity index (χ1n) is 10.0. The van der Waals surface area contributed by atoms with Crippen molar-refractivity contribution in [1.82, 2.24) is 15.1 Å². The molecule has 0 atom stereocenters. The summed E-state index contributed by atoms with van der Waals surface area (Å²) < 4.78 is 0. The lowest BCUT2D eigenvalue weighted by Crippen LogP contribution is -2.35. The van der Waals surface area contributed by atoms with E-state index in [1.165, 1.54) is 17.7 Å². The number of hydrogen-bond acceptors (Lipinski definition) is 4. The minimum absolute atomic E-state index is 0.0149. The largest absolute Gasteiger partial charge is 0.356 e. The van der Waals surface area contributed by atoms with Crippen molar-refractivity contribution in [2.45, 2.75) is 39.0 Å². The first-order chi connectivity index (χ1) is 13.1. The molecule has 3 rings (SSSR count). The maximum atomic E-state index is 12.3. The average molecular weight is 371 g/mol. The summed E-state index contributed by atoms with van der Waals surface area (Å²) in [6.45, 7) is 6.62. The molecule has 1 aromatic rings. The van der Waals surface area contributed by atoms with Crippen molar-refractivity contribution in [1.29, 1.82) is 0 Å². The summed E-state index contributed by atoms with van der Waals surface area (Å²) in [7, 11) is 0. The summed E-state index contributed by atoms with van der Waals surface area (Å²) in [5, 5.41) is 2.94. The molecule has 2 aliphatic heterocycles. The van der Waals surface area contributed by atoms with Gasteiger partial charge in [0.25, 0.3) is 11.8 Å². The van der Waals surface area contributed by atoms with Gasteiger partial charge >= 0.3 is 0 Å². The molecule has 6 nitrogen and oxygen atoms in total. The van der Waals surface area contributed by atoms with Crippen LogP contribution in [0.25, 0.3) is 0 Å². The second-order valence-electron chi connectivity index (χ2n) is 7.64. The number of nitrogens with one attached hydrogen (secondary N) is 1. The highest BCUT2D eigenvalue weighted by Gasteiger charge is 2.34. The summed E-state index contributed by atoms with van der Waals surface area (Å²) in [4.78, 5) is 40.2. The Morgan fingerprint density at radius 1 is 1.04 bits per heavy atom. The number of hydrogen-bond donors (Lipinski definition) is 1. The fourth-order valence-corrected chi connectivity index (χ4v) is 3.74. The van der Waals surface area contributed by atoms with Crippen molar-refractivity contribution >= 4 is 17.7 Å². The number of rotatable bonds is 8. The van der Waals surface area contributed by atoms with Crippen LogP contribution < -0.4 is 5.32 Å². The molecule has 1 fully saturated rings. The van der Waals surface area contributed by atoms with E-state index in [4.69, 9.17) is 0 Å². The maximum Gasteiger partial charge on any atom is 0.261 e. The smallest absolute Gasteiger partial charge is 0.261 e. The van der Waals surface area contributed by atoms with Crippen molar-refractivity contribution in [2.24, 2.45) is 5.92 Å². The molecule has 6 heteroatoms. The zero-order valence-corrected chi connectivity index (χ0v) is 16.1. The highest BCUT2D eigenvalue weighted by Crippen LogP contribution is 2.22. The molecule has 0 saturated carbocycles. The number of amides is 3. The molecular formula is C21H29N3O3. The number of fused-ring (bicyclic) bond motifs is 1. The van der Waals surface area contributed by atoms with Gasteiger partial charge < -0.3 is 10.2 Å². The summed E-state index contributed by atoms with van der Waals surface area (Å²) in [6.07, 6.45) is 4.31. The number of nitrogens with zero attached hydrogens (tertiary/aromatic N) is 2. The molecule has 1 saturated heterocycles. The molecule has 3 amide bonds. The molecule has 0 bridgehead atoms. The molecule has 1 aromatic carbocycles. The fraction of sp³-hybridized carbons (Fsp3) is 0.571. The zero-order chi connectivity index (χ0) is 19.2. The summed E-state index contributed by atoms with van der Waals surface area (Å²) >= 11 is 0. The zero-order valence-electron chi connectivity index (χ0n) is 16.1. The van der Waals surface area contributed by atoms with Crippen LogP contribution in [0.3, 0.4) is 0 Å². The Balaban J connectivity index is 1.30. The topological polar surface area (TPSA) is 69.7 Å². The highest BCUT2D eigenvalue weighted by molar-refractivity contribution is 6.21. The molecule has 0 aliphatic carbocycles. The van der Waals surface area contributed by atoms with Crippen LogP contribution in [-0.4, -0.2) is 60.2 Å². The van der Waals surface area contributed by atoms with Crippen molar-refractivity contribution in [3.63, 3.8) is 0 Å². The van der Waals surface area contributed by atoms with Crippen molar-refractivity contribution < 1.29 is 14.4 Å². The lowest BCUT2D eigenvalue weighted by atomic mass is 9.99. The van der Waals surface area contributed by atoms with Gasteiger partial charge in [0, 0.05) is 19.5 Å². The second kappa shape index (κ2) is 9.13. The van der Waals surface area contributed by atoms with Crippen molar-refractivity contribution in [2.75, 3.05) is 32.7 Å². The standard InChI is InChI=1S/C21H29N3O3/c1-16-9-14-23(15-10-16)12-5-11-22-19(25)8-4-13-24-20(26)17-6-2-3-7-18(17)21(24)27/h2-3,6-7,16H,4-5,8-15H2,1H3,(H,22,25). The second-order valence-corrected chi connectivity index (χ2v) is 7.64. The van der Waals surface area contributed by atoms with E-state index >= 15 is 0 Å². The van der Waals surface area contributed by atoms with Crippen LogP contribution in [0.1, 0.15) is 59.7 Å². The van der Waals surface area contributed by atoms with Gasteiger partial charge in [0.05, 0.1) is 11.1 Å². The normalized spacial score (nSPS) is 18.0. The Kier molecular flexibility index (Phi) is 6.61. The van der Waals surface area contributed by atoms with Crippen LogP contribution in [0.4, 0.5) is 0 Å². The number of piperidine rings is 1. The molecule has 0 unspecified atom stereocenters. The molecule has 27 heavy (non-hydrogen) atoms. The first-order valence-corrected chi connectivity index (χ1v) is 10.0. The van der Waals surface area contributed by atoms with Gasteiger partial charge in [-0.2, -0.15) is 0 Å². The van der Waals surface area contributed by atoms with Crippen LogP contribution in [0.5, 0.6) is 0 Å². The lowest BCUT2D eigenvalue weighted by Gasteiger charge is -2.30. The third-order valence-electron chi connectivity index (χ3n) is 5.51. The predicted molar refractivity (Wildman–Crippen MR) is 104 cm³/mol. The monoisotopic (exact) mass is 371 g/mol. The highest BCUT2D eigenvalue weighted by atomic mass is 16.2. The summed E-state index contributed by atoms with van der Waals surface area (Å²) in [5.41, 5.74) is 0.915. The van der Waals surface area contributed by atoms with Gasteiger partial charge in [0.15, 0.2) is 0 Å². The molecule has 1 N–H and O–H groups in total. The van der Waals surface area contributed by atoms with E-state index in [0.717, 1.165) is 32.0 Å². The molecule has 2 aliphatic rings. The van der Waals surface area contributed by atoms with Gasteiger partial charge in [0.2, 0.25) is 5.91 Å².